The van der Waals surface area contributed by atoms with Gasteiger partial charge in [-0.3, -0.25) is 4.79 Å². The van der Waals surface area contributed by atoms with Gasteiger partial charge in [-0.2, -0.15) is 0 Å². The molecule has 2 aromatic heterocycles. The van der Waals surface area contributed by atoms with Crippen molar-refractivity contribution in [3.05, 3.63) is 54.4 Å². The number of carbonyl (C=O) groups excluding carboxylic acids is 1. The van der Waals surface area contributed by atoms with Crippen molar-refractivity contribution < 1.29 is 4.79 Å². The minimum Gasteiger partial charge on any atom is -0.350 e. The lowest BCUT2D eigenvalue weighted by Crippen LogP contribution is -2.31. The van der Waals surface area contributed by atoms with Crippen molar-refractivity contribution in [2.45, 2.75) is 23.8 Å². The highest BCUT2D eigenvalue weighted by Crippen LogP contribution is 2.36. The maximum Gasteiger partial charge on any atom is 0.271 e. The first-order valence-corrected chi connectivity index (χ1v) is 8.55. The van der Waals surface area contributed by atoms with Crippen molar-refractivity contribution in [1.29, 1.82) is 0 Å². The first kappa shape index (κ1) is 15.6. The molecule has 5 heteroatoms. The molecule has 23 heavy (non-hydrogen) atoms. The lowest BCUT2D eigenvalue weighted by Gasteiger charge is -2.18. The zero-order valence-electron chi connectivity index (χ0n) is 13.2. The van der Waals surface area contributed by atoms with Crippen LogP contribution < -0.4 is 0 Å². The Morgan fingerprint density at radius 1 is 1.13 bits per heavy atom. The van der Waals surface area contributed by atoms with E-state index < -0.39 is 0 Å². The van der Waals surface area contributed by atoms with E-state index in [9.17, 15) is 4.79 Å². The predicted octanol–water partition coefficient (Wildman–Crippen LogP) is 4.20. The number of nitrogens with zero attached hydrogens (tertiary/aromatic N) is 2. The van der Waals surface area contributed by atoms with E-state index in [0.29, 0.717) is 18.8 Å². The van der Waals surface area contributed by atoms with E-state index in [1.807, 2.05) is 61.2 Å². The number of fused-ring (bicyclic) bond motifs is 1. The van der Waals surface area contributed by atoms with E-state index in [1.54, 1.807) is 6.20 Å². The number of aromatic nitrogens is 2. The van der Waals surface area contributed by atoms with Gasteiger partial charge in [0.25, 0.3) is 5.91 Å². The number of H-pyrrole nitrogens is 1. The number of pyridine rings is 1. The second-order valence-electron chi connectivity index (χ2n) is 5.12. The zero-order chi connectivity index (χ0) is 16.2. The van der Waals surface area contributed by atoms with Gasteiger partial charge in [0.15, 0.2) is 0 Å². The predicted molar refractivity (Wildman–Crippen MR) is 93.9 cm³/mol. The summed E-state index contributed by atoms with van der Waals surface area (Å²) in [6, 6.07) is 13.8. The van der Waals surface area contributed by atoms with Crippen molar-refractivity contribution in [1.82, 2.24) is 14.9 Å². The van der Waals surface area contributed by atoms with Crippen LogP contribution in [0.1, 0.15) is 24.3 Å². The van der Waals surface area contributed by atoms with Gasteiger partial charge in [-0.25, -0.2) is 4.98 Å². The van der Waals surface area contributed by atoms with Gasteiger partial charge in [-0.1, -0.05) is 36.0 Å². The van der Waals surface area contributed by atoms with Crippen LogP contribution in [0.2, 0.25) is 0 Å². The molecule has 1 amide bonds. The molecular formula is C18H19N3OS. The van der Waals surface area contributed by atoms with E-state index in [-0.39, 0.29) is 5.91 Å². The topological polar surface area (TPSA) is 49.0 Å². The fraction of sp³-hybridized carbons (Fsp3) is 0.222. The molecule has 0 radical (unpaired) electrons. The molecule has 0 spiro atoms. The largest absolute Gasteiger partial charge is 0.350 e. The molecule has 4 nitrogen and oxygen atoms in total. The third-order valence-electron chi connectivity index (χ3n) is 3.77. The first-order chi connectivity index (χ1) is 11.2. The number of para-hydroxylation sites is 1. The number of nitrogens with one attached hydrogen (secondary N) is 1. The number of aromatic amines is 1. The fourth-order valence-electron chi connectivity index (χ4n) is 2.55. The summed E-state index contributed by atoms with van der Waals surface area (Å²) in [5, 5.41) is 1.93. The Balaban J connectivity index is 2.10. The molecule has 0 aliphatic carbocycles. The Morgan fingerprint density at radius 2 is 1.87 bits per heavy atom. The lowest BCUT2D eigenvalue weighted by atomic mass is 10.2. The zero-order valence-corrected chi connectivity index (χ0v) is 14.1. The monoisotopic (exact) mass is 325 g/mol. The summed E-state index contributed by atoms with van der Waals surface area (Å²) in [5.41, 5.74) is 1.62. The smallest absolute Gasteiger partial charge is 0.271 e. The Kier molecular flexibility index (Phi) is 4.67. The summed E-state index contributed by atoms with van der Waals surface area (Å²) in [4.78, 5) is 23.3. The van der Waals surface area contributed by atoms with Crippen LogP contribution >= 0.6 is 11.8 Å². The maximum atomic E-state index is 12.8. The number of hydrogen-bond acceptors (Lipinski definition) is 3. The summed E-state index contributed by atoms with van der Waals surface area (Å²) in [6.45, 7) is 5.38. The molecule has 3 rings (SSSR count). The van der Waals surface area contributed by atoms with Crippen molar-refractivity contribution in [3.63, 3.8) is 0 Å². The van der Waals surface area contributed by atoms with Crippen LogP contribution in [0.15, 0.2) is 58.6 Å². The third kappa shape index (κ3) is 3.10. The first-order valence-electron chi connectivity index (χ1n) is 7.73. The van der Waals surface area contributed by atoms with Crippen LogP contribution in [0, 0.1) is 0 Å². The molecule has 0 aliphatic rings. The number of amides is 1. The minimum atomic E-state index is 0.0321. The van der Waals surface area contributed by atoms with Crippen molar-refractivity contribution in [3.8, 4) is 0 Å². The van der Waals surface area contributed by atoms with Gasteiger partial charge in [0.2, 0.25) is 0 Å². The minimum absolute atomic E-state index is 0.0321. The molecule has 118 valence electrons. The van der Waals surface area contributed by atoms with E-state index in [0.717, 1.165) is 20.8 Å². The number of carbonyl (C=O) groups is 1. The molecule has 0 saturated heterocycles. The van der Waals surface area contributed by atoms with Crippen molar-refractivity contribution in [2.24, 2.45) is 0 Å². The molecule has 0 atom stereocenters. The molecule has 0 unspecified atom stereocenters. The summed E-state index contributed by atoms with van der Waals surface area (Å²) in [7, 11) is 0. The second kappa shape index (κ2) is 6.87. The number of rotatable bonds is 5. The second-order valence-corrected chi connectivity index (χ2v) is 6.15. The van der Waals surface area contributed by atoms with Crippen LogP contribution in [0.5, 0.6) is 0 Å². The molecule has 0 aliphatic heterocycles. The highest BCUT2D eigenvalue weighted by Gasteiger charge is 2.22. The molecule has 3 aromatic rings. The van der Waals surface area contributed by atoms with Crippen LogP contribution in [0.25, 0.3) is 10.9 Å². The van der Waals surface area contributed by atoms with Gasteiger partial charge >= 0.3 is 0 Å². The van der Waals surface area contributed by atoms with Crippen LogP contribution in [-0.2, 0) is 0 Å². The van der Waals surface area contributed by atoms with E-state index in [4.69, 9.17) is 0 Å². The Labute approximate surface area is 139 Å². The van der Waals surface area contributed by atoms with Crippen LogP contribution in [-0.4, -0.2) is 33.9 Å². The third-order valence-corrected chi connectivity index (χ3v) is 4.85. The van der Waals surface area contributed by atoms with Gasteiger partial charge in [0.05, 0.1) is 4.90 Å². The van der Waals surface area contributed by atoms with Crippen LogP contribution in [0.4, 0.5) is 0 Å². The van der Waals surface area contributed by atoms with Gasteiger partial charge in [0, 0.05) is 30.2 Å². The maximum absolute atomic E-state index is 12.8. The lowest BCUT2D eigenvalue weighted by molar-refractivity contribution is 0.0764. The average molecular weight is 325 g/mol. The molecule has 0 saturated carbocycles. The summed E-state index contributed by atoms with van der Waals surface area (Å²) in [6.07, 6.45) is 1.77. The molecular weight excluding hydrogens is 306 g/mol. The van der Waals surface area contributed by atoms with E-state index >= 15 is 0 Å². The molecule has 2 heterocycles. The Morgan fingerprint density at radius 3 is 2.57 bits per heavy atom. The summed E-state index contributed by atoms with van der Waals surface area (Å²) >= 11 is 1.53. The standard InChI is InChI=1S/C18H19N3OS/c1-3-21(4-2)18(22)16-17(23-15-11-7-8-12-19-15)13-9-5-6-10-14(13)20-16/h5-12,20H,3-4H2,1-2H3. The van der Waals surface area contributed by atoms with Crippen molar-refractivity contribution >= 4 is 28.6 Å². The molecule has 0 bridgehead atoms. The van der Waals surface area contributed by atoms with E-state index in [2.05, 4.69) is 9.97 Å². The fourth-order valence-corrected chi connectivity index (χ4v) is 3.55. The van der Waals surface area contributed by atoms with Crippen LogP contribution in [0.3, 0.4) is 0 Å². The highest BCUT2D eigenvalue weighted by atomic mass is 32.2. The number of benzene rings is 1. The van der Waals surface area contributed by atoms with E-state index in [1.165, 1.54) is 11.8 Å². The molecule has 1 aromatic carbocycles. The van der Waals surface area contributed by atoms with Gasteiger partial charge in [-0.05, 0) is 32.0 Å². The average Bonchev–Trinajstić information content (AvgIpc) is 2.95. The van der Waals surface area contributed by atoms with Gasteiger partial charge in [0.1, 0.15) is 10.7 Å². The summed E-state index contributed by atoms with van der Waals surface area (Å²) < 4.78 is 0. The van der Waals surface area contributed by atoms with Gasteiger partial charge in [-0.15, -0.1) is 0 Å². The quantitative estimate of drug-likeness (QED) is 0.765. The Bertz CT molecular complexity index is 810. The molecule has 0 fully saturated rings. The number of hydrogen-bond donors (Lipinski definition) is 1. The highest BCUT2D eigenvalue weighted by molar-refractivity contribution is 7.99. The summed E-state index contributed by atoms with van der Waals surface area (Å²) in [5.74, 6) is 0.0321. The SMILES string of the molecule is CCN(CC)C(=O)c1[nH]c2ccccc2c1Sc1ccccn1. The Hall–Kier alpha value is -2.27. The van der Waals surface area contributed by atoms with Gasteiger partial charge < -0.3 is 9.88 Å². The van der Waals surface area contributed by atoms with Crippen molar-refractivity contribution in [2.75, 3.05) is 13.1 Å². The molecule has 1 N–H and O–H groups in total. The normalized spacial score (nSPS) is 10.9.